The second-order valence-corrected chi connectivity index (χ2v) is 6.95. The van der Waals surface area contributed by atoms with Gasteiger partial charge in [0.25, 0.3) is 0 Å². The number of ether oxygens (including phenoxy) is 1. The summed E-state index contributed by atoms with van der Waals surface area (Å²) in [7, 11) is 0. The molecule has 0 aliphatic carbocycles. The maximum atomic E-state index is 10.9. The average Bonchev–Trinajstić information content (AvgIpc) is 2.59. The highest BCUT2D eigenvalue weighted by Gasteiger charge is 2.24. The van der Waals surface area contributed by atoms with Gasteiger partial charge in [-0.3, -0.25) is 9.69 Å². The van der Waals surface area contributed by atoms with Gasteiger partial charge in [-0.15, -0.1) is 0 Å². The molecule has 5 heteroatoms. The zero-order valence-electron chi connectivity index (χ0n) is 15.8. The summed E-state index contributed by atoms with van der Waals surface area (Å²) in [5.41, 5.74) is 2.39. The Kier molecular flexibility index (Phi) is 7.72. The summed E-state index contributed by atoms with van der Waals surface area (Å²) in [6.45, 7) is 11.1. The van der Waals surface area contributed by atoms with Gasteiger partial charge in [0, 0.05) is 12.6 Å². The first kappa shape index (κ1) is 19.7. The van der Waals surface area contributed by atoms with Crippen LogP contribution in [0.4, 0.5) is 0 Å². The lowest BCUT2D eigenvalue weighted by molar-refractivity contribution is -0.139. The van der Waals surface area contributed by atoms with Crippen molar-refractivity contribution in [3.05, 3.63) is 29.3 Å². The minimum atomic E-state index is -0.729. The van der Waals surface area contributed by atoms with Crippen LogP contribution >= 0.6 is 0 Å². The van der Waals surface area contributed by atoms with E-state index in [-0.39, 0.29) is 6.54 Å². The number of hydrogen-bond donors (Lipinski definition) is 1. The van der Waals surface area contributed by atoms with E-state index in [1.165, 1.54) is 11.1 Å². The largest absolute Gasteiger partial charge is 0.493 e. The molecule has 0 aromatic heterocycles. The minimum Gasteiger partial charge on any atom is -0.493 e. The number of para-hydroxylation sites is 1. The third kappa shape index (κ3) is 6.01. The molecular weight excluding hydrogens is 316 g/mol. The number of piperidine rings is 1. The molecule has 0 atom stereocenters. The Hall–Kier alpha value is -1.59. The van der Waals surface area contributed by atoms with Gasteiger partial charge in [0.2, 0.25) is 0 Å². The van der Waals surface area contributed by atoms with Crippen LogP contribution in [0.5, 0.6) is 5.75 Å². The number of benzene rings is 1. The Balaban J connectivity index is 1.68. The van der Waals surface area contributed by atoms with Crippen molar-refractivity contribution >= 4 is 5.97 Å². The van der Waals surface area contributed by atoms with E-state index >= 15 is 0 Å². The van der Waals surface area contributed by atoms with Crippen LogP contribution in [0.15, 0.2) is 18.2 Å². The number of aryl methyl sites for hydroxylation is 2. The van der Waals surface area contributed by atoms with Crippen molar-refractivity contribution in [2.75, 3.05) is 39.3 Å². The molecule has 1 heterocycles. The molecule has 5 nitrogen and oxygen atoms in total. The van der Waals surface area contributed by atoms with Gasteiger partial charge in [-0.1, -0.05) is 25.1 Å². The summed E-state index contributed by atoms with van der Waals surface area (Å²) in [4.78, 5) is 15.5. The molecule has 1 aliphatic rings. The number of nitrogens with zero attached hydrogens (tertiary/aromatic N) is 2. The van der Waals surface area contributed by atoms with Gasteiger partial charge in [0.1, 0.15) is 5.75 Å². The molecule has 0 unspecified atom stereocenters. The van der Waals surface area contributed by atoms with Crippen molar-refractivity contribution < 1.29 is 14.6 Å². The van der Waals surface area contributed by atoms with E-state index in [4.69, 9.17) is 9.84 Å². The highest BCUT2D eigenvalue weighted by Crippen LogP contribution is 2.22. The normalized spacial score (nSPS) is 16.3. The first-order chi connectivity index (χ1) is 12.0. The van der Waals surface area contributed by atoms with Gasteiger partial charge in [-0.05, 0) is 63.9 Å². The molecule has 0 amide bonds. The Bertz CT molecular complexity index is 534. The third-order valence-electron chi connectivity index (χ3n) is 5.09. The van der Waals surface area contributed by atoms with Crippen LogP contribution in [0.25, 0.3) is 0 Å². The number of rotatable bonds is 9. The van der Waals surface area contributed by atoms with Crippen molar-refractivity contribution in [1.29, 1.82) is 0 Å². The summed E-state index contributed by atoms with van der Waals surface area (Å²) < 4.78 is 5.98. The SMILES string of the molecule is CCN(CC(=O)O)C1CCN(CCCOc2c(C)cccc2C)CC1. The van der Waals surface area contributed by atoms with Crippen molar-refractivity contribution in [2.45, 2.75) is 46.1 Å². The summed E-state index contributed by atoms with van der Waals surface area (Å²) in [6, 6.07) is 6.64. The number of hydrogen-bond acceptors (Lipinski definition) is 4. The fourth-order valence-corrected chi connectivity index (χ4v) is 3.67. The van der Waals surface area contributed by atoms with E-state index < -0.39 is 5.97 Å². The van der Waals surface area contributed by atoms with Crippen molar-refractivity contribution in [2.24, 2.45) is 0 Å². The van der Waals surface area contributed by atoms with E-state index in [2.05, 4.69) is 41.8 Å². The molecule has 0 bridgehead atoms. The van der Waals surface area contributed by atoms with E-state index in [9.17, 15) is 4.79 Å². The standard InChI is InChI=1S/C20H32N2O3/c1-4-22(15-19(23)24)18-9-12-21(13-10-18)11-6-14-25-20-16(2)7-5-8-17(20)3/h5,7-8,18H,4,6,9-15H2,1-3H3,(H,23,24). The molecule has 25 heavy (non-hydrogen) atoms. The summed E-state index contributed by atoms with van der Waals surface area (Å²) in [5.74, 6) is 0.293. The molecule has 1 fully saturated rings. The number of carbonyl (C=O) groups is 1. The number of carboxylic acid groups (broad SMARTS) is 1. The number of likely N-dealkylation sites (tertiary alicyclic amines) is 1. The van der Waals surface area contributed by atoms with Gasteiger partial charge >= 0.3 is 5.97 Å². The van der Waals surface area contributed by atoms with E-state index in [0.29, 0.717) is 6.04 Å². The van der Waals surface area contributed by atoms with Crippen LogP contribution in [0.3, 0.4) is 0 Å². The highest BCUT2D eigenvalue weighted by molar-refractivity contribution is 5.69. The lowest BCUT2D eigenvalue weighted by Gasteiger charge is -2.37. The first-order valence-corrected chi connectivity index (χ1v) is 9.38. The quantitative estimate of drug-likeness (QED) is 0.696. The molecule has 140 valence electrons. The third-order valence-corrected chi connectivity index (χ3v) is 5.09. The molecule has 0 spiro atoms. The maximum absolute atomic E-state index is 10.9. The summed E-state index contributed by atoms with van der Waals surface area (Å²) in [5, 5.41) is 9.01. The smallest absolute Gasteiger partial charge is 0.317 e. The van der Waals surface area contributed by atoms with Crippen LogP contribution in [0.1, 0.15) is 37.3 Å². The lowest BCUT2D eigenvalue weighted by atomic mass is 10.0. The first-order valence-electron chi connectivity index (χ1n) is 9.38. The fraction of sp³-hybridized carbons (Fsp3) is 0.650. The van der Waals surface area contributed by atoms with Crippen LogP contribution in [-0.2, 0) is 4.79 Å². The van der Waals surface area contributed by atoms with Gasteiger partial charge in [-0.2, -0.15) is 0 Å². The Morgan fingerprint density at radius 3 is 2.48 bits per heavy atom. The Morgan fingerprint density at radius 2 is 1.92 bits per heavy atom. The van der Waals surface area contributed by atoms with Crippen LogP contribution in [0, 0.1) is 13.8 Å². The average molecular weight is 348 g/mol. The topological polar surface area (TPSA) is 53.0 Å². The van der Waals surface area contributed by atoms with E-state index in [1.807, 2.05) is 6.92 Å². The Labute approximate surface area is 151 Å². The summed E-state index contributed by atoms with van der Waals surface area (Å²) >= 11 is 0. The van der Waals surface area contributed by atoms with Gasteiger partial charge in [-0.25, -0.2) is 0 Å². The van der Waals surface area contributed by atoms with Crippen molar-refractivity contribution in [1.82, 2.24) is 9.80 Å². The lowest BCUT2D eigenvalue weighted by Crippen LogP contribution is -2.46. The van der Waals surface area contributed by atoms with E-state index in [1.54, 1.807) is 0 Å². The van der Waals surface area contributed by atoms with Crippen molar-refractivity contribution in [3.63, 3.8) is 0 Å². The molecule has 1 aromatic carbocycles. The van der Waals surface area contributed by atoms with Gasteiger partial charge in [0.05, 0.1) is 13.2 Å². The zero-order chi connectivity index (χ0) is 18.2. The maximum Gasteiger partial charge on any atom is 0.317 e. The molecule has 1 aromatic rings. The molecular formula is C20H32N2O3. The second-order valence-electron chi connectivity index (χ2n) is 6.95. The number of likely N-dealkylation sites (N-methyl/N-ethyl adjacent to an activating group) is 1. The second kappa shape index (κ2) is 9.78. The zero-order valence-corrected chi connectivity index (χ0v) is 15.8. The predicted octanol–water partition coefficient (Wildman–Crippen LogP) is 2.94. The number of aliphatic carboxylic acids is 1. The molecule has 0 radical (unpaired) electrons. The van der Waals surface area contributed by atoms with E-state index in [0.717, 1.165) is 57.8 Å². The van der Waals surface area contributed by atoms with Crippen molar-refractivity contribution in [3.8, 4) is 5.75 Å². The minimum absolute atomic E-state index is 0.158. The van der Waals surface area contributed by atoms with Crippen LogP contribution in [-0.4, -0.2) is 66.2 Å². The molecule has 0 saturated carbocycles. The fourth-order valence-electron chi connectivity index (χ4n) is 3.67. The summed E-state index contributed by atoms with van der Waals surface area (Å²) in [6.07, 6.45) is 3.13. The molecule has 1 aliphatic heterocycles. The Morgan fingerprint density at radius 1 is 1.28 bits per heavy atom. The van der Waals surface area contributed by atoms with Crippen LogP contribution in [0.2, 0.25) is 0 Å². The van der Waals surface area contributed by atoms with Gasteiger partial charge in [0.15, 0.2) is 0 Å². The highest BCUT2D eigenvalue weighted by atomic mass is 16.5. The number of carboxylic acids is 1. The molecule has 1 N–H and O–H groups in total. The monoisotopic (exact) mass is 348 g/mol. The predicted molar refractivity (Wildman–Crippen MR) is 100 cm³/mol. The molecule has 2 rings (SSSR count). The molecule has 1 saturated heterocycles. The van der Waals surface area contributed by atoms with Crippen LogP contribution < -0.4 is 4.74 Å². The van der Waals surface area contributed by atoms with Gasteiger partial charge < -0.3 is 14.7 Å².